The average molecular weight is 336 g/mol. The predicted molar refractivity (Wildman–Crippen MR) is 96.5 cm³/mol. The van der Waals surface area contributed by atoms with Crippen molar-refractivity contribution in [3.8, 4) is 11.1 Å². The Morgan fingerprint density at radius 3 is 2.44 bits per heavy atom. The molecule has 0 bridgehead atoms. The Bertz CT molecular complexity index is 877. The molecule has 0 radical (unpaired) electrons. The summed E-state index contributed by atoms with van der Waals surface area (Å²) in [6.45, 7) is 0. The maximum Gasteiger partial charge on any atom is 0.305 e. The lowest BCUT2D eigenvalue weighted by atomic mass is 10.0. The van der Waals surface area contributed by atoms with Crippen molar-refractivity contribution in [1.29, 1.82) is 0 Å². The molecule has 4 heteroatoms. The summed E-state index contributed by atoms with van der Waals surface area (Å²) < 4.78 is 10.3. The number of fused-ring (bicyclic) bond motifs is 1. The number of rotatable bonds is 7. The molecule has 2 aromatic carbocycles. The Labute approximate surface area is 146 Å². The highest BCUT2D eigenvalue weighted by Crippen LogP contribution is 2.27. The number of methoxy groups -OCH3 is 1. The summed E-state index contributed by atoms with van der Waals surface area (Å²) in [5.41, 5.74) is 2.92. The van der Waals surface area contributed by atoms with Crippen LogP contribution >= 0.6 is 0 Å². The number of hydrogen-bond acceptors (Lipinski definition) is 4. The van der Waals surface area contributed by atoms with E-state index in [2.05, 4.69) is 16.9 Å². The van der Waals surface area contributed by atoms with Crippen LogP contribution in [-0.2, 0) is 9.53 Å². The highest BCUT2D eigenvalue weighted by atomic mass is 16.5. The zero-order chi connectivity index (χ0) is 17.6. The minimum absolute atomic E-state index is 0.0395. The lowest BCUT2D eigenvalue weighted by molar-refractivity contribution is -0.140. The Balaban J connectivity index is 1.68. The lowest BCUT2D eigenvalue weighted by Crippen LogP contribution is -2.01. The van der Waals surface area contributed by atoms with Gasteiger partial charge in [0.05, 0.1) is 7.11 Å². The number of Topliss-reactive ketones (excluding diaryl/α,β-unsaturated/α-hetero) is 1. The third-order valence-corrected chi connectivity index (χ3v) is 4.16. The van der Waals surface area contributed by atoms with Gasteiger partial charge in [-0.1, -0.05) is 36.4 Å². The van der Waals surface area contributed by atoms with E-state index in [9.17, 15) is 9.59 Å². The minimum atomic E-state index is -0.246. The molecule has 0 saturated heterocycles. The van der Waals surface area contributed by atoms with Gasteiger partial charge in [0.15, 0.2) is 11.5 Å². The smallest absolute Gasteiger partial charge is 0.305 e. The molecule has 1 aromatic heterocycles. The van der Waals surface area contributed by atoms with Gasteiger partial charge in [0.25, 0.3) is 0 Å². The maximum absolute atomic E-state index is 12.3. The molecule has 1 heterocycles. The Kier molecular flexibility index (Phi) is 5.29. The van der Waals surface area contributed by atoms with E-state index >= 15 is 0 Å². The molecule has 3 rings (SSSR count). The summed E-state index contributed by atoms with van der Waals surface area (Å²) in [4.78, 5) is 23.3. The molecule has 0 amide bonds. The molecular formula is C21H20O4. The molecule has 0 aliphatic heterocycles. The van der Waals surface area contributed by atoms with E-state index in [1.165, 1.54) is 7.11 Å². The SMILES string of the molecule is COC(=O)CCCCC(=O)c1cc2cc(-c3ccccc3)ccc2o1. The number of esters is 1. The van der Waals surface area contributed by atoms with Crippen molar-refractivity contribution in [2.75, 3.05) is 7.11 Å². The van der Waals surface area contributed by atoms with Crippen LogP contribution in [0.3, 0.4) is 0 Å². The first kappa shape index (κ1) is 17.0. The van der Waals surface area contributed by atoms with E-state index in [0.717, 1.165) is 16.5 Å². The first-order valence-electron chi connectivity index (χ1n) is 8.36. The largest absolute Gasteiger partial charge is 0.469 e. The normalized spacial score (nSPS) is 10.8. The second-order valence-corrected chi connectivity index (χ2v) is 5.94. The molecule has 128 valence electrons. The van der Waals surface area contributed by atoms with E-state index in [1.54, 1.807) is 6.07 Å². The minimum Gasteiger partial charge on any atom is -0.469 e. The topological polar surface area (TPSA) is 56.5 Å². The second kappa shape index (κ2) is 7.79. The van der Waals surface area contributed by atoms with Crippen LogP contribution in [0.4, 0.5) is 0 Å². The standard InChI is InChI=1S/C21H20O4/c1-24-21(23)10-6-5-9-18(22)20-14-17-13-16(11-12-19(17)25-20)15-7-3-2-4-8-15/h2-4,7-8,11-14H,5-6,9-10H2,1H3. The third kappa shape index (κ3) is 4.15. The number of benzene rings is 2. The number of carbonyl (C=O) groups is 2. The van der Waals surface area contributed by atoms with Crippen LogP contribution in [0.1, 0.15) is 36.2 Å². The first-order valence-corrected chi connectivity index (χ1v) is 8.36. The van der Waals surface area contributed by atoms with Crippen molar-refractivity contribution in [2.45, 2.75) is 25.7 Å². The van der Waals surface area contributed by atoms with Crippen molar-refractivity contribution in [2.24, 2.45) is 0 Å². The van der Waals surface area contributed by atoms with E-state index in [4.69, 9.17) is 4.42 Å². The third-order valence-electron chi connectivity index (χ3n) is 4.16. The van der Waals surface area contributed by atoms with Gasteiger partial charge >= 0.3 is 5.97 Å². The Hall–Kier alpha value is -2.88. The number of hydrogen-bond donors (Lipinski definition) is 0. The second-order valence-electron chi connectivity index (χ2n) is 5.94. The summed E-state index contributed by atoms with van der Waals surface area (Å²) in [7, 11) is 1.37. The molecule has 0 aliphatic rings. The van der Waals surface area contributed by atoms with Gasteiger partial charge in [-0.3, -0.25) is 9.59 Å². The van der Waals surface area contributed by atoms with Gasteiger partial charge in [-0.05, 0) is 42.2 Å². The van der Waals surface area contributed by atoms with Gasteiger partial charge in [-0.15, -0.1) is 0 Å². The number of ether oxygens (including phenoxy) is 1. The molecule has 3 aromatic rings. The molecule has 0 unspecified atom stereocenters. The Morgan fingerprint density at radius 1 is 0.920 bits per heavy atom. The Morgan fingerprint density at radius 2 is 1.68 bits per heavy atom. The molecule has 4 nitrogen and oxygen atoms in total. The average Bonchev–Trinajstić information content (AvgIpc) is 3.09. The van der Waals surface area contributed by atoms with Gasteiger partial charge in [-0.2, -0.15) is 0 Å². The quantitative estimate of drug-likeness (QED) is 0.345. The van der Waals surface area contributed by atoms with Crippen LogP contribution in [0.2, 0.25) is 0 Å². The monoisotopic (exact) mass is 336 g/mol. The predicted octanol–water partition coefficient (Wildman–Crippen LogP) is 5.02. The summed E-state index contributed by atoms with van der Waals surface area (Å²) in [6.07, 6.45) is 1.98. The summed E-state index contributed by atoms with van der Waals surface area (Å²) in [6, 6.07) is 17.8. The molecule has 25 heavy (non-hydrogen) atoms. The molecule has 0 fully saturated rings. The van der Waals surface area contributed by atoms with Crippen LogP contribution in [0.25, 0.3) is 22.1 Å². The van der Waals surface area contributed by atoms with E-state index in [-0.39, 0.29) is 11.8 Å². The maximum atomic E-state index is 12.3. The van der Waals surface area contributed by atoms with Gasteiger partial charge in [0.2, 0.25) is 0 Å². The first-order chi connectivity index (χ1) is 12.2. The number of furan rings is 1. The molecular weight excluding hydrogens is 316 g/mol. The van der Waals surface area contributed by atoms with Crippen molar-refractivity contribution in [3.63, 3.8) is 0 Å². The van der Waals surface area contributed by atoms with Gasteiger partial charge < -0.3 is 9.15 Å². The van der Waals surface area contributed by atoms with Gasteiger partial charge in [-0.25, -0.2) is 0 Å². The summed E-state index contributed by atoms with van der Waals surface area (Å²) >= 11 is 0. The highest BCUT2D eigenvalue weighted by Gasteiger charge is 2.13. The molecule has 0 atom stereocenters. The zero-order valence-corrected chi connectivity index (χ0v) is 14.2. The molecule has 0 N–H and O–H groups in total. The fourth-order valence-corrected chi connectivity index (χ4v) is 2.77. The van der Waals surface area contributed by atoms with E-state index in [1.807, 2.05) is 36.4 Å². The fraction of sp³-hybridized carbons (Fsp3) is 0.238. The fourth-order valence-electron chi connectivity index (χ4n) is 2.77. The van der Waals surface area contributed by atoms with Gasteiger partial charge in [0, 0.05) is 18.2 Å². The van der Waals surface area contributed by atoms with Crippen LogP contribution in [-0.4, -0.2) is 18.9 Å². The molecule has 0 aliphatic carbocycles. The number of carbonyl (C=O) groups excluding carboxylic acids is 2. The van der Waals surface area contributed by atoms with E-state index < -0.39 is 0 Å². The lowest BCUT2D eigenvalue weighted by Gasteiger charge is -2.00. The van der Waals surface area contributed by atoms with Crippen molar-refractivity contribution in [3.05, 3.63) is 60.4 Å². The number of ketones is 1. The van der Waals surface area contributed by atoms with Crippen molar-refractivity contribution in [1.82, 2.24) is 0 Å². The van der Waals surface area contributed by atoms with Crippen LogP contribution in [0.5, 0.6) is 0 Å². The number of unbranched alkanes of at least 4 members (excludes halogenated alkanes) is 1. The summed E-state index contributed by atoms with van der Waals surface area (Å²) in [5.74, 6) is 0.0882. The van der Waals surface area contributed by atoms with Crippen molar-refractivity contribution < 1.29 is 18.7 Å². The van der Waals surface area contributed by atoms with Gasteiger partial charge in [0.1, 0.15) is 5.58 Å². The highest BCUT2D eigenvalue weighted by molar-refractivity contribution is 5.98. The molecule has 0 spiro atoms. The van der Waals surface area contributed by atoms with Crippen molar-refractivity contribution >= 4 is 22.7 Å². The zero-order valence-electron chi connectivity index (χ0n) is 14.2. The van der Waals surface area contributed by atoms with Crippen LogP contribution < -0.4 is 0 Å². The summed E-state index contributed by atoms with van der Waals surface area (Å²) in [5, 5.41) is 0.916. The molecule has 0 saturated carbocycles. The van der Waals surface area contributed by atoms with Crippen LogP contribution in [0, 0.1) is 0 Å². The van der Waals surface area contributed by atoms with E-state index in [0.29, 0.717) is 37.0 Å². The van der Waals surface area contributed by atoms with Crippen LogP contribution in [0.15, 0.2) is 59.0 Å².